The Morgan fingerprint density at radius 2 is 1.88 bits per heavy atom. The molecule has 1 aliphatic heterocycles. The SMILES string of the molecule is COc1ccc2c(c1OC)CC[C@@H]2NCCN1CCc2ccccc2C1. The van der Waals surface area contributed by atoms with Crippen LogP contribution in [0.25, 0.3) is 0 Å². The van der Waals surface area contributed by atoms with Crippen molar-refractivity contribution in [1.82, 2.24) is 10.2 Å². The average molecular weight is 352 g/mol. The number of nitrogens with zero attached hydrogens (tertiary/aromatic N) is 1. The van der Waals surface area contributed by atoms with Crippen LogP contribution >= 0.6 is 0 Å². The molecule has 2 aromatic carbocycles. The summed E-state index contributed by atoms with van der Waals surface area (Å²) in [5.74, 6) is 1.74. The third-order valence-corrected chi connectivity index (χ3v) is 5.77. The number of hydrogen-bond acceptors (Lipinski definition) is 4. The van der Waals surface area contributed by atoms with Gasteiger partial charge >= 0.3 is 0 Å². The molecule has 0 radical (unpaired) electrons. The van der Waals surface area contributed by atoms with E-state index in [2.05, 4.69) is 40.5 Å². The van der Waals surface area contributed by atoms with Crippen molar-refractivity contribution in [3.8, 4) is 11.5 Å². The molecule has 1 heterocycles. The summed E-state index contributed by atoms with van der Waals surface area (Å²) in [5.41, 5.74) is 5.67. The quantitative estimate of drug-likeness (QED) is 0.865. The Morgan fingerprint density at radius 3 is 2.69 bits per heavy atom. The molecule has 0 saturated carbocycles. The van der Waals surface area contributed by atoms with Crippen LogP contribution in [0.5, 0.6) is 11.5 Å². The zero-order valence-electron chi connectivity index (χ0n) is 15.8. The molecule has 0 fully saturated rings. The minimum atomic E-state index is 0.418. The van der Waals surface area contributed by atoms with Gasteiger partial charge in [0.2, 0.25) is 0 Å². The van der Waals surface area contributed by atoms with E-state index in [4.69, 9.17) is 9.47 Å². The molecule has 0 saturated heterocycles. The number of benzene rings is 2. The Balaban J connectivity index is 1.35. The van der Waals surface area contributed by atoms with E-state index in [1.165, 1.54) is 28.7 Å². The lowest BCUT2D eigenvalue weighted by Crippen LogP contribution is -2.36. The summed E-state index contributed by atoms with van der Waals surface area (Å²) in [6.45, 7) is 4.34. The van der Waals surface area contributed by atoms with Crippen molar-refractivity contribution in [2.45, 2.75) is 31.8 Å². The molecule has 4 rings (SSSR count). The molecule has 4 heteroatoms. The van der Waals surface area contributed by atoms with Crippen molar-refractivity contribution >= 4 is 0 Å². The van der Waals surface area contributed by atoms with Crippen molar-refractivity contribution in [3.63, 3.8) is 0 Å². The molecule has 26 heavy (non-hydrogen) atoms. The van der Waals surface area contributed by atoms with E-state index >= 15 is 0 Å². The van der Waals surface area contributed by atoms with Gasteiger partial charge in [0.15, 0.2) is 11.5 Å². The fourth-order valence-electron chi connectivity index (χ4n) is 4.39. The third kappa shape index (κ3) is 3.31. The monoisotopic (exact) mass is 352 g/mol. The molecule has 138 valence electrons. The Hall–Kier alpha value is -2.04. The summed E-state index contributed by atoms with van der Waals surface area (Å²) in [7, 11) is 3.43. The topological polar surface area (TPSA) is 33.7 Å². The summed E-state index contributed by atoms with van der Waals surface area (Å²) in [4.78, 5) is 2.56. The van der Waals surface area contributed by atoms with Gasteiger partial charge in [-0.3, -0.25) is 4.90 Å². The number of ether oxygens (including phenoxy) is 2. The van der Waals surface area contributed by atoms with Gasteiger partial charge in [0.1, 0.15) is 0 Å². The van der Waals surface area contributed by atoms with E-state index in [0.717, 1.165) is 50.5 Å². The zero-order valence-corrected chi connectivity index (χ0v) is 15.8. The smallest absolute Gasteiger partial charge is 0.164 e. The minimum Gasteiger partial charge on any atom is -0.493 e. The second-order valence-electron chi connectivity index (χ2n) is 7.21. The van der Waals surface area contributed by atoms with Crippen LogP contribution in [0.2, 0.25) is 0 Å². The number of hydrogen-bond donors (Lipinski definition) is 1. The van der Waals surface area contributed by atoms with Gasteiger partial charge in [0, 0.05) is 37.8 Å². The molecule has 4 nitrogen and oxygen atoms in total. The molecule has 2 aliphatic rings. The third-order valence-electron chi connectivity index (χ3n) is 5.77. The van der Waals surface area contributed by atoms with Gasteiger partial charge < -0.3 is 14.8 Å². The molecule has 0 amide bonds. The van der Waals surface area contributed by atoms with Crippen LogP contribution in [0.3, 0.4) is 0 Å². The highest BCUT2D eigenvalue weighted by atomic mass is 16.5. The molecule has 1 aliphatic carbocycles. The van der Waals surface area contributed by atoms with Gasteiger partial charge in [-0.15, -0.1) is 0 Å². The maximum absolute atomic E-state index is 5.60. The van der Waals surface area contributed by atoms with Crippen molar-refractivity contribution < 1.29 is 9.47 Å². The highest BCUT2D eigenvalue weighted by Crippen LogP contribution is 2.42. The molecule has 0 bridgehead atoms. The van der Waals surface area contributed by atoms with Crippen molar-refractivity contribution in [3.05, 3.63) is 58.7 Å². The summed E-state index contributed by atoms with van der Waals surface area (Å²) in [6, 6.07) is 13.5. The van der Waals surface area contributed by atoms with Gasteiger partial charge in [-0.25, -0.2) is 0 Å². The Labute approximate surface area is 156 Å². The predicted molar refractivity (Wildman–Crippen MR) is 104 cm³/mol. The average Bonchev–Trinajstić information content (AvgIpc) is 3.10. The van der Waals surface area contributed by atoms with E-state index in [0.29, 0.717) is 6.04 Å². The van der Waals surface area contributed by atoms with Crippen LogP contribution in [0, 0.1) is 0 Å². The highest BCUT2D eigenvalue weighted by Gasteiger charge is 2.27. The van der Waals surface area contributed by atoms with Crippen LogP contribution in [-0.4, -0.2) is 38.8 Å². The minimum absolute atomic E-state index is 0.418. The van der Waals surface area contributed by atoms with E-state index in [9.17, 15) is 0 Å². The molecule has 0 aromatic heterocycles. The van der Waals surface area contributed by atoms with Crippen molar-refractivity contribution in [2.24, 2.45) is 0 Å². The first kappa shape index (κ1) is 17.4. The molecular weight excluding hydrogens is 324 g/mol. The number of fused-ring (bicyclic) bond motifs is 2. The predicted octanol–water partition coefficient (Wildman–Crippen LogP) is 3.34. The second-order valence-corrected chi connectivity index (χ2v) is 7.21. The number of nitrogens with one attached hydrogen (secondary N) is 1. The summed E-state index contributed by atoms with van der Waals surface area (Å²) in [6.07, 6.45) is 3.34. The maximum atomic E-state index is 5.60. The Bertz CT molecular complexity index is 775. The molecule has 0 unspecified atom stereocenters. The standard InChI is InChI=1S/C22H28N2O2/c1-25-21-10-8-18-19(22(21)26-2)7-9-20(18)23-12-14-24-13-11-16-5-3-4-6-17(16)15-24/h3-6,8,10,20,23H,7,9,11-15H2,1-2H3/t20-/m0/s1. The van der Waals surface area contributed by atoms with Crippen molar-refractivity contribution in [2.75, 3.05) is 33.9 Å². The molecule has 1 N–H and O–H groups in total. The number of rotatable bonds is 6. The first-order chi connectivity index (χ1) is 12.8. The normalized spacial score (nSPS) is 19.1. The van der Waals surface area contributed by atoms with Gasteiger partial charge in [-0.1, -0.05) is 30.3 Å². The lowest BCUT2D eigenvalue weighted by Gasteiger charge is -2.29. The molecule has 0 spiro atoms. The fourth-order valence-corrected chi connectivity index (χ4v) is 4.39. The highest BCUT2D eigenvalue weighted by molar-refractivity contribution is 5.53. The number of methoxy groups -OCH3 is 2. The lowest BCUT2D eigenvalue weighted by molar-refractivity contribution is 0.250. The first-order valence-corrected chi connectivity index (χ1v) is 9.56. The molecular formula is C22H28N2O2. The van der Waals surface area contributed by atoms with Crippen molar-refractivity contribution in [1.29, 1.82) is 0 Å². The first-order valence-electron chi connectivity index (χ1n) is 9.56. The lowest BCUT2D eigenvalue weighted by atomic mass is 10.00. The fraction of sp³-hybridized carbons (Fsp3) is 0.455. The van der Waals surface area contributed by atoms with Gasteiger partial charge in [0.25, 0.3) is 0 Å². The van der Waals surface area contributed by atoms with E-state index in [1.54, 1.807) is 14.2 Å². The van der Waals surface area contributed by atoms with Gasteiger partial charge in [-0.05, 0) is 42.0 Å². The van der Waals surface area contributed by atoms with Crippen LogP contribution < -0.4 is 14.8 Å². The largest absolute Gasteiger partial charge is 0.493 e. The molecule has 2 aromatic rings. The van der Waals surface area contributed by atoms with E-state index in [1.807, 2.05) is 6.07 Å². The summed E-state index contributed by atoms with van der Waals surface area (Å²) < 4.78 is 11.0. The van der Waals surface area contributed by atoms with Crippen LogP contribution in [0.15, 0.2) is 36.4 Å². The zero-order chi connectivity index (χ0) is 17.9. The van der Waals surface area contributed by atoms with E-state index < -0.39 is 0 Å². The molecule has 1 atom stereocenters. The Morgan fingerprint density at radius 1 is 1.04 bits per heavy atom. The van der Waals surface area contributed by atoms with E-state index in [-0.39, 0.29) is 0 Å². The van der Waals surface area contributed by atoms with Crippen LogP contribution in [0.4, 0.5) is 0 Å². The second kappa shape index (κ2) is 7.68. The summed E-state index contributed by atoms with van der Waals surface area (Å²) >= 11 is 0. The van der Waals surface area contributed by atoms with Crippen LogP contribution in [-0.2, 0) is 19.4 Å². The summed E-state index contributed by atoms with van der Waals surface area (Å²) in [5, 5.41) is 3.76. The van der Waals surface area contributed by atoms with Crippen LogP contribution in [0.1, 0.15) is 34.7 Å². The van der Waals surface area contributed by atoms with Gasteiger partial charge in [0.05, 0.1) is 14.2 Å². The van der Waals surface area contributed by atoms with Gasteiger partial charge in [-0.2, -0.15) is 0 Å². The maximum Gasteiger partial charge on any atom is 0.164 e. The Kier molecular flexibility index (Phi) is 5.14.